The van der Waals surface area contributed by atoms with Crippen LogP contribution in [-0.4, -0.2) is 81.0 Å². The molecule has 0 spiro atoms. The number of amides is 4. The van der Waals surface area contributed by atoms with Gasteiger partial charge in [-0.25, -0.2) is 4.79 Å². The first-order chi connectivity index (χ1) is 15.7. The average molecular weight is 489 g/mol. The van der Waals surface area contributed by atoms with E-state index in [2.05, 4.69) is 10.6 Å². The van der Waals surface area contributed by atoms with Crippen LogP contribution < -0.4 is 27.4 Å². The summed E-state index contributed by atoms with van der Waals surface area (Å²) in [5, 5.41) is 33.2. The molecule has 0 saturated carbocycles. The highest BCUT2D eigenvalue weighted by molar-refractivity contribution is 5.97. The Bertz CT molecular complexity index is 802. The molecule has 4 amide bonds. The highest BCUT2D eigenvalue weighted by Crippen LogP contribution is 2.07. The molecule has 0 bridgehead atoms. The fourth-order valence-electron chi connectivity index (χ4n) is 2.64. The van der Waals surface area contributed by atoms with Gasteiger partial charge in [0.25, 0.3) is 0 Å². The third-order valence-electron chi connectivity index (χ3n) is 4.87. The van der Waals surface area contributed by atoms with Gasteiger partial charge in [-0.15, -0.1) is 0 Å². The van der Waals surface area contributed by atoms with Crippen molar-refractivity contribution >= 4 is 41.5 Å². The first-order valence-electron chi connectivity index (χ1n) is 10.3. The number of carbonyl (C=O) groups excluding carboxylic acids is 4. The number of aliphatic carboxylic acids is 3. The summed E-state index contributed by atoms with van der Waals surface area (Å²) < 4.78 is 0. The molecule has 15 nitrogen and oxygen atoms in total. The zero-order chi connectivity index (χ0) is 26.6. The van der Waals surface area contributed by atoms with Gasteiger partial charge in [0.1, 0.15) is 18.1 Å². The lowest BCUT2D eigenvalue weighted by molar-refractivity contribution is -0.144. The summed E-state index contributed by atoms with van der Waals surface area (Å²) in [7, 11) is 0. The van der Waals surface area contributed by atoms with E-state index < -0.39 is 91.4 Å². The fraction of sp³-hybridized carbons (Fsp3) is 0.632. The third kappa shape index (κ3) is 11.2. The van der Waals surface area contributed by atoms with Crippen molar-refractivity contribution in [2.75, 3.05) is 0 Å². The predicted molar refractivity (Wildman–Crippen MR) is 114 cm³/mol. The summed E-state index contributed by atoms with van der Waals surface area (Å²) in [5.41, 5.74) is 10.9. The number of hydrogen-bond donors (Lipinski definition) is 8. The van der Waals surface area contributed by atoms with E-state index in [0.29, 0.717) is 6.42 Å². The molecule has 5 unspecified atom stereocenters. The molecule has 192 valence electrons. The molecule has 0 aliphatic carbocycles. The second kappa shape index (κ2) is 14.4. The van der Waals surface area contributed by atoms with Crippen LogP contribution in [0.15, 0.2) is 0 Å². The van der Waals surface area contributed by atoms with Crippen molar-refractivity contribution in [1.82, 2.24) is 16.0 Å². The van der Waals surface area contributed by atoms with Crippen LogP contribution in [0.4, 0.5) is 0 Å². The largest absolute Gasteiger partial charge is 0.481 e. The van der Waals surface area contributed by atoms with Gasteiger partial charge in [-0.3, -0.25) is 28.8 Å². The van der Waals surface area contributed by atoms with E-state index in [1.54, 1.807) is 13.8 Å². The van der Waals surface area contributed by atoms with Gasteiger partial charge in [-0.2, -0.15) is 0 Å². The SMILES string of the molecule is CCC(C)C(N)C(=O)NC(CC(=O)O)C(=O)NC(CC(N)=O)C(=O)NC(CCC(=O)O)C(=O)O. The molecule has 0 heterocycles. The van der Waals surface area contributed by atoms with Crippen molar-refractivity contribution in [2.24, 2.45) is 17.4 Å². The van der Waals surface area contributed by atoms with E-state index in [1.165, 1.54) is 0 Å². The van der Waals surface area contributed by atoms with Gasteiger partial charge >= 0.3 is 17.9 Å². The lowest BCUT2D eigenvalue weighted by atomic mass is 9.99. The van der Waals surface area contributed by atoms with Crippen molar-refractivity contribution in [3.8, 4) is 0 Å². The summed E-state index contributed by atoms with van der Waals surface area (Å²) in [4.78, 5) is 82.0. The Morgan fingerprint density at radius 3 is 1.65 bits per heavy atom. The van der Waals surface area contributed by atoms with Gasteiger partial charge in [0.15, 0.2) is 0 Å². The summed E-state index contributed by atoms with van der Waals surface area (Å²) in [5.74, 6) is -8.85. The van der Waals surface area contributed by atoms with Crippen molar-refractivity contribution in [1.29, 1.82) is 0 Å². The third-order valence-corrected chi connectivity index (χ3v) is 4.87. The van der Waals surface area contributed by atoms with Gasteiger partial charge in [-0.05, 0) is 12.3 Å². The van der Waals surface area contributed by atoms with Crippen LogP contribution in [0.3, 0.4) is 0 Å². The molecule has 34 heavy (non-hydrogen) atoms. The monoisotopic (exact) mass is 489 g/mol. The molecule has 0 fully saturated rings. The number of nitrogens with two attached hydrogens (primary N) is 2. The Hall–Kier alpha value is -3.75. The Kier molecular flexibility index (Phi) is 12.8. The highest BCUT2D eigenvalue weighted by Gasteiger charge is 2.32. The zero-order valence-electron chi connectivity index (χ0n) is 18.8. The van der Waals surface area contributed by atoms with Crippen molar-refractivity contribution < 1.29 is 48.9 Å². The summed E-state index contributed by atoms with van der Waals surface area (Å²) in [6.45, 7) is 3.44. The molecule has 0 rings (SSSR count). The summed E-state index contributed by atoms with van der Waals surface area (Å²) in [6.07, 6.45) is -2.22. The van der Waals surface area contributed by atoms with Gasteiger partial charge in [0.05, 0.1) is 18.9 Å². The van der Waals surface area contributed by atoms with E-state index in [9.17, 15) is 38.7 Å². The zero-order valence-corrected chi connectivity index (χ0v) is 18.8. The Morgan fingerprint density at radius 1 is 0.765 bits per heavy atom. The number of carbonyl (C=O) groups is 7. The van der Waals surface area contributed by atoms with Crippen molar-refractivity contribution in [3.05, 3.63) is 0 Å². The Balaban J connectivity index is 5.58. The highest BCUT2D eigenvalue weighted by atomic mass is 16.4. The van der Waals surface area contributed by atoms with E-state index in [4.69, 9.17) is 21.7 Å². The van der Waals surface area contributed by atoms with Crippen LogP contribution in [0.25, 0.3) is 0 Å². The number of hydrogen-bond acceptors (Lipinski definition) is 8. The number of nitrogens with one attached hydrogen (secondary N) is 3. The van der Waals surface area contributed by atoms with Crippen LogP contribution >= 0.6 is 0 Å². The topological polar surface area (TPSA) is 268 Å². The predicted octanol–water partition coefficient (Wildman–Crippen LogP) is -2.89. The van der Waals surface area contributed by atoms with Crippen LogP contribution in [0.2, 0.25) is 0 Å². The number of rotatable bonds is 16. The standard InChI is InChI=1S/C19H31N5O10/c1-3-8(2)15(21)18(32)24-11(7-14(28)29)17(31)23-10(6-12(20)25)16(30)22-9(19(33)34)4-5-13(26)27/h8-11,15H,3-7,21H2,1-2H3,(H2,20,25)(H,22,30)(H,23,31)(H,24,32)(H,26,27)(H,28,29)(H,33,34). The van der Waals surface area contributed by atoms with E-state index >= 15 is 0 Å². The molecular weight excluding hydrogens is 458 g/mol. The molecule has 0 radical (unpaired) electrons. The van der Waals surface area contributed by atoms with Crippen molar-refractivity contribution in [2.45, 2.75) is 70.1 Å². The first kappa shape index (κ1) is 30.2. The Morgan fingerprint density at radius 2 is 1.24 bits per heavy atom. The molecular formula is C19H31N5O10. The van der Waals surface area contributed by atoms with Crippen LogP contribution in [-0.2, 0) is 33.6 Å². The van der Waals surface area contributed by atoms with Crippen LogP contribution in [0.5, 0.6) is 0 Å². The first-order valence-corrected chi connectivity index (χ1v) is 10.3. The smallest absolute Gasteiger partial charge is 0.326 e. The molecule has 5 atom stereocenters. The van der Waals surface area contributed by atoms with Crippen LogP contribution in [0.1, 0.15) is 46.0 Å². The second-order valence-electron chi connectivity index (χ2n) is 7.63. The van der Waals surface area contributed by atoms with Gasteiger partial charge in [-0.1, -0.05) is 20.3 Å². The maximum atomic E-state index is 12.7. The number of carboxylic acids is 3. The minimum absolute atomic E-state index is 0.291. The van der Waals surface area contributed by atoms with Gasteiger partial charge in [0.2, 0.25) is 23.6 Å². The quantitative estimate of drug-likeness (QED) is 0.109. The maximum Gasteiger partial charge on any atom is 0.326 e. The molecule has 0 aromatic carbocycles. The number of carboxylic acid groups (broad SMARTS) is 3. The summed E-state index contributed by atoms with van der Waals surface area (Å²) in [6, 6.07) is -6.11. The minimum atomic E-state index is -1.73. The molecule has 10 N–H and O–H groups in total. The molecule has 0 aromatic heterocycles. The minimum Gasteiger partial charge on any atom is -0.481 e. The van der Waals surface area contributed by atoms with Crippen molar-refractivity contribution in [3.63, 3.8) is 0 Å². The lowest BCUT2D eigenvalue weighted by Gasteiger charge is -2.25. The molecule has 0 saturated heterocycles. The summed E-state index contributed by atoms with van der Waals surface area (Å²) >= 11 is 0. The average Bonchev–Trinajstić information content (AvgIpc) is 2.73. The molecule has 0 aliphatic rings. The van der Waals surface area contributed by atoms with E-state index in [-0.39, 0.29) is 5.92 Å². The molecule has 0 aromatic rings. The Labute approximate surface area is 194 Å². The second-order valence-corrected chi connectivity index (χ2v) is 7.63. The van der Waals surface area contributed by atoms with Gasteiger partial charge in [0, 0.05) is 6.42 Å². The normalized spacial score (nSPS) is 15.0. The number of primary amides is 1. The maximum absolute atomic E-state index is 12.7. The van der Waals surface area contributed by atoms with E-state index in [1.807, 2.05) is 5.32 Å². The molecule has 0 aliphatic heterocycles. The fourth-order valence-corrected chi connectivity index (χ4v) is 2.64. The lowest BCUT2D eigenvalue weighted by Crippen LogP contribution is -2.58. The van der Waals surface area contributed by atoms with Crippen LogP contribution in [0, 0.1) is 5.92 Å². The van der Waals surface area contributed by atoms with E-state index in [0.717, 1.165) is 0 Å². The molecule has 15 heteroatoms. The van der Waals surface area contributed by atoms with Gasteiger partial charge < -0.3 is 42.7 Å².